The Balaban J connectivity index is 1.99. The third kappa shape index (κ3) is 2.24. The summed E-state index contributed by atoms with van der Waals surface area (Å²) in [5.41, 5.74) is 0.433. The van der Waals surface area contributed by atoms with Gasteiger partial charge in [0.25, 0.3) is 10.0 Å². The molecule has 2 aromatic carbocycles. The average Bonchev–Trinajstić information content (AvgIpc) is 2.60. The van der Waals surface area contributed by atoms with Gasteiger partial charge in [0.1, 0.15) is 13.2 Å². The van der Waals surface area contributed by atoms with Gasteiger partial charge in [-0.1, -0.05) is 11.6 Å². The van der Waals surface area contributed by atoms with Crippen molar-refractivity contribution >= 4 is 33.1 Å². The van der Waals surface area contributed by atoms with E-state index < -0.39 is 15.8 Å². The summed E-state index contributed by atoms with van der Waals surface area (Å²) >= 11 is 5.88. The van der Waals surface area contributed by atoms with Crippen LogP contribution in [0.15, 0.2) is 35.2 Å². The topological polar surface area (TPSA) is 81.7 Å². The molecule has 0 amide bonds. The van der Waals surface area contributed by atoms with E-state index in [0.717, 1.165) is 0 Å². The van der Waals surface area contributed by atoms with Crippen molar-refractivity contribution in [1.82, 2.24) is 0 Å². The molecule has 2 aliphatic rings. The summed E-state index contributed by atoms with van der Waals surface area (Å²) in [5, 5.41) is 0.235. The van der Waals surface area contributed by atoms with Crippen molar-refractivity contribution in [3.05, 3.63) is 46.5 Å². The van der Waals surface area contributed by atoms with Gasteiger partial charge in [-0.15, -0.1) is 0 Å². The molecular weight excluding hydrogens is 342 g/mol. The first kappa shape index (κ1) is 14.3. The van der Waals surface area contributed by atoms with Gasteiger partial charge < -0.3 is 9.47 Å². The van der Waals surface area contributed by atoms with E-state index in [-0.39, 0.29) is 26.7 Å². The Morgan fingerprint density at radius 2 is 1.70 bits per heavy atom. The molecule has 0 atom stereocenters. The maximum Gasteiger partial charge on any atom is 0.262 e. The van der Waals surface area contributed by atoms with E-state index >= 15 is 0 Å². The van der Waals surface area contributed by atoms with Crippen molar-refractivity contribution in [3.8, 4) is 11.5 Å². The predicted molar refractivity (Wildman–Crippen MR) is 83.1 cm³/mol. The second-order valence-electron chi connectivity index (χ2n) is 5.12. The van der Waals surface area contributed by atoms with Crippen molar-refractivity contribution in [2.45, 2.75) is 4.90 Å². The summed E-state index contributed by atoms with van der Waals surface area (Å²) in [5.74, 6) is 0.395. The SMILES string of the molecule is O=C1c2cc3c(cc2NS(=O)(=O)c2cc(Cl)ccc21)OCCO3. The Labute approximate surface area is 137 Å². The Hall–Kier alpha value is -2.25. The normalized spacial score (nSPS) is 17.5. The van der Waals surface area contributed by atoms with E-state index in [1.165, 1.54) is 30.3 Å². The van der Waals surface area contributed by atoms with Crippen LogP contribution < -0.4 is 14.2 Å². The maximum absolute atomic E-state index is 12.8. The molecule has 2 heterocycles. The highest BCUT2D eigenvalue weighted by Crippen LogP contribution is 2.39. The number of carbonyl (C=O) groups excluding carboxylic acids is 1. The van der Waals surface area contributed by atoms with Gasteiger partial charge in [-0.3, -0.25) is 9.52 Å². The minimum atomic E-state index is -3.93. The molecule has 0 aromatic heterocycles. The summed E-state index contributed by atoms with van der Waals surface area (Å²) in [4.78, 5) is 12.6. The zero-order valence-corrected chi connectivity index (χ0v) is 13.2. The first-order valence-electron chi connectivity index (χ1n) is 6.76. The highest BCUT2D eigenvalue weighted by molar-refractivity contribution is 7.92. The van der Waals surface area contributed by atoms with Gasteiger partial charge >= 0.3 is 0 Å². The number of carbonyl (C=O) groups is 1. The smallest absolute Gasteiger partial charge is 0.262 e. The Morgan fingerprint density at radius 1 is 1.00 bits per heavy atom. The van der Waals surface area contributed by atoms with Crippen LogP contribution in [0.5, 0.6) is 11.5 Å². The van der Waals surface area contributed by atoms with E-state index in [1.54, 1.807) is 0 Å². The minimum Gasteiger partial charge on any atom is -0.486 e. The monoisotopic (exact) mass is 351 g/mol. The standard InChI is InChI=1S/C15H10ClNO5S/c16-8-1-2-9-14(5-8)23(19,20)17-11-7-13-12(21-3-4-22-13)6-10(11)15(9)18/h1-2,5-7,17H,3-4H2. The highest BCUT2D eigenvalue weighted by atomic mass is 35.5. The van der Waals surface area contributed by atoms with E-state index in [1.807, 2.05) is 0 Å². The van der Waals surface area contributed by atoms with Crippen molar-refractivity contribution in [2.75, 3.05) is 17.9 Å². The van der Waals surface area contributed by atoms with Gasteiger partial charge in [0.05, 0.1) is 16.1 Å². The van der Waals surface area contributed by atoms with E-state index in [0.29, 0.717) is 24.7 Å². The van der Waals surface area contributed by atoms with E-state index in [2.05, 4.69) is 4.72 Å². The number of halogens is 1. The highest BCUT2D eigenvalue weighted by Gasteiger charge is 2.32. The third-order valence-electron chi connectivity index (χ3n) is 3.65. The van der Waals surface area contributed by atoms with Crippen LogP contribution in [0.2, 0.25) is 5.02 Å². The van der Waals surface area contributed by atoms with Crippen molar-refractivity contribution in [2.24, 2.45) is 0 Å². The zero-order valence-electron chi connectivity index (χ0n) is 11.6. The molecule has 0 radical (unpaired) electrons. The fourth-order valence-electron chi connectivity index (χ4n) is 2.61. The van der Waals surface area contributed by atoms with Crippen molar-refractivity contribution < 1.29 is 22.7 Å². The fraction of sp³-hybridized carbons (Fsp3) is 0.133. The number of benzene rings is 2. The summed E-state index contributed by atoms with van der Waals surface area (Å²) in [6.45, 7) is 0.736. The van der Waals surface area contributed by atoms with Crippen LogP contribution in [-0.2, 0) is 10.0 Å². The van der Waals surface area contributed by atoms with Crippen LogP contribution in [0.1, 0.15) is 15.9 Å². The minimum absolute atomic E-state index is 0.0670. The molecular formula is C15H10ClNO5S. The van der Waals surface area contributed by atoms with Crippen molar-refractivity contribution in [1.29, 1.82) is 0 Å². The molecule has 2 aromatic rings. The lowest BCUT2D eigenvalue weighted by Crippen LogP contribution is -2.17. The van der Waals surface area contributed by atoms with E-state index in [4.69, 9.17) is 21.1 Å². The van der Waals surface area contributed by atoms with Crippen LogP contribution in [0, 0.1) is 0 Å². The number of rotatable bonds is 0. The molecule has 6 nitrogen and oxygen atoms in total. The molecule has 0 fully saturated rings. The van der Waals surface area contributed by atoms with Gasteiger partial charge in [-0.05, 0) is 24.3 Å². The largest absolute Gasteiger partial charge is 0.486 e. The van der Waals surface area contributed by atoms with Gasteiger partial charge in [-0.2, -0.15) is 0 Å². The molecule has 2 aliphatic heterocycles. The number of sulfonamides is 1. The van der Waals surface area contributed by atoms with Crippen LogP contribution >= 0.6 is 11.6 Å². The molecule has 0 spiro atoms. The second kappa shape index (κ2) is 4.87. The summed E-state index contributed by atoms with van der Waals surface area (Å²) in [6, 6.07) is 7.11. The molecule has 0 saturated heterocycles. The molecule has 4 rings (SSSR count). The van der Waals surface area contributed by atoms with Crippen LogP contribution in [0.4, 0.5) is 5.69 Å². The number of fused-ring (bicyclic) bond motifs is 3. The van der Waals surface area contributed by atoms with Gasteiger partial charge in [0.15, 0.2) is 17.3 Å². The number of ketones is 1. The molecule has 23 heavy (non-hydrogen) atoms. The quantitative estimate of drug-likeness (QED) is 0.788. The summed E-state index contributed by atoms with van der Waals surface area (Å²) < 4.78 is 38.4. The third-order valence-corrected chi connectivity index (χ3v) is 5.29. The van der Waals surface area contributed by atoms with Crippen LogP contribution in [0.3, 0.4) is 0 Å². The molecule has 118 valence electrons. The molecule has 0 aliphatic carbocycles. The Kier molecular flexibility index (Phi) is 3.04. The molecule has 0 saturated carbocycles. The molecule has 8 heteroatoms. The predicted octanol–water partition coefficient (Wildman–Crippen LogP) is 2.46. The van der Waals surface area contributed by atoms with Crippen LogP contribution in [-0.4, -0.2) is 27.4 Å². The average molecular weight is 352 g/mol. The number of anilines is 1. The zero-order chi connectivity index (χ0) is 16.2. The fourth-order valence-corrected chi connectivity index (χ4v) is 4.15. The molecule has 1 N–H and O–H groups in total. The lowest BCUT2D eigenvalue weighted by Gasteiger charge is -2.20. The lowest BCUT2D eigenvalue weighted by atomic mass is 10.0. The van der Waals surface area contributed by atoms with Gasteiger partial charge in [0.2, 0.25) is 0 Å². The van der Waals surface area contributed by atoms with Gasteiger partial charge in [-0.25, -0.2) is 8.42 Å². The lowest BCUT2D eigenvalue weighted by molar-refractivity contribution is 0.103. The van der Waals surface area contributed by atoms with Crippen LogP contribution in [0.25, 0.3) is 0 Å². The number of nitrogens with one attached hydrogen (secondary N) is 1. The molecule has 0 bridgehead atoms. The summed E-state index contributed by atoms with van der Waals surface area (Å²) in [7, 11) is -3.93. The number of hydrogen-bond acceptors (Lipinski definition) is 5. The molecule has 0 unspecified atom stereocenters. The van der Waals surface area contributed by atoms with Crippen molar-refractivity contribution in [3.63, 3.8) is 0 Å². The first-order chi connectivity index (χ1) is 11.0. The summed E-state index contributed by atoms with van der Waals surface area (Å²) in [6.07, 6.45) is 0. The maximum atomic E-state index is 12.8. The second-order valence-corrected chi connectivity index (χ2v) is 7.20. The van der Waals surface area contributed by atoms with Gasteiger partial charge in [0, 0.05) is 16.7 Å². The Bertz CT molecular complexity index is 955. The van der Waals surface area contributed by atoms with E-state index in [9.17, 15) is 13.2 Å². The first-order valence-corrected chi connectivity index (χ1v) is 8.62. The Morgan fingerprint density at radius 3 is 2.43 bits per heavy atom. The number of hydrogen-bond donors (Lipinski definition) is 1. The number of ether oxygens (including phenoxy) is 2.